The Bertz CT molecular complexity index is 325. The first kappa shape index (κ1) is 9.44. The van der Waals surface area contributed by atoms with Crippen LogP contribution in [0.25, 0.3) is 0 Å². The van der Waals surface area contributed by atoms with Gasteiger partial charge in [0.25, 0.3) is 0 Å². The summed E-state index contributed by atoms with van der Waals surface area (Å²) in [6.45, 7) is 3.52. The number of carbonyl (C=O) groups is 1. The fourth-order valence-electron chi connectivity index (χ4n) is 0.795. The van der Waals surface area contributed by atoms with Crippen molar-refractivity contribution in [3.8, 4) is 5.88 Å². The molecule has 13 heavy (non-hydrogen) atoms. The molecule has 0 spiro atoms. The highest BCUT2D eigenvalue weighted by Gasteiger charge is 2.14. The third-order valence-electron chi connectivity index (χ3n) is 1.50. The van der Waals surface area contributed by atoms with Crippen molar-refractivity contribution >= 4 is 5.97 Å². The monoisotopic (exact) mass is 181 g/mol. The summed E-state index contributed by atoms with van der Waals surface area (Å²) in [6, 6.07) is 0. The van der Waals surface area contributed by atoms with Gasteiger partial charge in [-0.25, -0.2) is 4.79 Å². The standard InChI is InChI=1S/C8H9N2O3/c1-3-13-8(12)6-4-9-10-7(11)5(6)2/h3H2,1-2H3,(H,10,11). The van der Waals surface area contributed by atoms with Crippen LogP contribution in [-0.2, 0) is 4.74 Å². The van der Waals surface area contributed by atoms with Crippen molar-refractivity contribution in [1.82, 2.24) is 10.2 Å². The smallest absolute Gasteiger partial charge is 0.340 e. The van der Waals surface area contributed by atoms with E-state index in [-0.39, 0.29) is 18.1 Å². The van der Waals surface area contributed by atoms with Crippen LogP contribution in [0.15, 0.2) is 0 Å². The molecule has 0 aliphatic carbocycles. The number of hydrogen-bond donors (Lipinski definition) is 1. The highest BCUT2D eigenvalue weighted by molar-refractivity contribution is 5.90. The molecule has 5 heteroatoms. The van der Waals surface area contributed by atoms with Gasteiger partial charge in [-0.2, -0.15) is 0 Å². The number of esters is 1. The molecular weight excluding hydrogens is 172 g/mol. The summed E-state index contributed by atoms with van der Waals surface area (Å²) in [5.41, 5.74) is 0.447. The van der Waals surface area contributed by atoms with Crippen molar-refractivity contribution < 1.29 is 14.6 Å². The maximum atomic E-state index is 11.2. The average Bonchev–Trinajstić information content (AvgIpc) is 2.10. The number of aromatic hydroxyl groups is 1. The first-order chi connectivity index (χ1) is 6.16. The summed E-state index contributed by atoms with van der Waals surface area (Å²) in [5.74, 6) is -0.827. The molecular formula is C8H9N2O3. The van der Waals surface area contributed by atoms with Gasteiger partial charge in [-0.3, -0.25) is 0 Å². The van der Waals surface area contributed by atoms with E-state index < -0.39 is 5.97 Å². The van der Waals surface area contributed by atoms with Gasteiger partial charge in [0.2, 0.25) is 5.88 Å². The highest BCUT2D eigenvalue weighted by Crippen LogP contribution is 2.15. The molecule has 69 valence electrons. The Kier molecular flexibility index (Phi) is 2.79. The lowest BCUT2D eigenvalue weighted by atomic mass is 10.2. The van der Waals surface area contributed by atoms with Gasteiger partial charge >= 0.3 is 5.97 Å². The van der Waals surface area contributed by atoms with Crippen molar-refractivity contribution in [2.45, 2.75) is 13.8 Å². The molecule has 0 atom stereocenters. The predicted molar refractivity (Wildman–Crippen MR) is 43.2 cm³/mol. The topological polar surface area (TPSA) is 72.3 Å². The van der Waals surface area contributed by atoms with Gasteiger partial charge in [-0.15, -0.1) is 10.2 Å². The maximum absolute atomic E-state index is 11.2. The minimum Gasteiger partial charge on any atom is -0.492 e. The molecule has 0 amide bonds. The Morgan fingerprint density at radius 2 is 2.38 bits per heavy atom. The lowest BCUT2D eigenvalue weighted by Crippen LogP contribution is -2.08. The molecule has 0 aliphatic rings. The van der Waals surface area contributed by atoms with Crippen molar-refractivity contribution in [3.05, 3.63) is 17.3 Å². The van der Waals surface area contributed by atoms with Crippen molar-refractivity contribution in [2.75, 3.05) is 6.61 Å². The second-order valence-electron chi connectivity index (χ2n) is 2.36. The summed E-state index contributed by atoms with van der Waals surface area (Å²) >= 11 is 0. The Hall–Kier alpha value is -1.65. The molecule has 0 aliphatic heterocycles. The molecule has 1 rings (SSSR count). The van der Waals surface area contributed by atoms with E-state index in [1.807, 2.05) is 0 Å². The number of nitrogens with zero attached hydrogens (tertiary/aromatic N) is 2. The Balaban J connectivity index is 3.01. The molecule has 0 bridgehead atoms. The summed E-state index contributed by atoms with van der Waals surface area (Å²) in [6.07, 6.45) is 2.37. The first-order valence-corrected chi connectivity index (χ1v) is 3.77. The normalized spacial score (nSPS) is 9.69. The third kappa shape index (κ3) is 1.93. The number of hydrogen-bond acceptors (Lipinski definition) is 5. The minimum absolute atomic E-state index is 0.120. The van der Waals surface area contributed by atoms with Crippen LogP contribution in [0, 0.1) is 13.1 Å². The SMILES string of the molecule is CCOC(=O)c1[c]nnc(O)c1C. The Morgan fingerprint density at radius 1 is 1.69 bits per heavy atom. The zero-order valence-electron chi connectivity index (χ0n) is 7.37. The summed E-state index contributed by atoms with van der Waals surface area (Å²) in [5, 5.41) is 15.8. The number of carbonyl (C=O) groups excluding carboxylic acids is 1. The van der Waals surface area contributed by atoms with Gasteiger partial charge in [-0.1, -0.05) is 0 Å². The van der Waals surface area contributed by atoms with Crippen LogP contribution in [0.3, 0.4) is 0 Å². The number of rotatable bonds is 2. The zero-order valence-corrected chi connectivity index (χ0v) is 7.37. The fourth-order valence-corrected chi connectivity index (χ4v) is 0.795. The predicted octanol–water partition coefficient (Wildman–Crippen LogP) is 0.468. The zero-order chi connectivity index (χ0) is 9.84. The molecule has 5 nitrogen and oxygen atoms in total. The summed E-state index contributed by atoms with van der Waals surface area (Å²) < 4.78 is 4.71. The fraction of sp³-hybridized carbons (Fsp3) is 0.375. The maximum Gasteiger partial charge on any atom is 0.340 e. The van der Waals surface area contributed by atoms with Crippen molar-refractivity contribution in [3.63, 3.8) is 0 Å². The van der Waals surface area contributed by atoms with E-state index >= 15 is 0 Å². The van der Waals surface area contributed by atoms with E-state index in [9.17, 15) is 4.79 Å². The van der Waals surface area contributed by atoms with Gasteiger partial charge in [0.05, 0.1) is 12.2 Å². The highest BCUT2D eigenvalue weighted by atomic mass is 16.5. The largest absolute Gasteiger partial charge is 0.492 e. The molecule has 1 N–H and O–H groups in total. The van der Waals surface area contributed by atoms with Crippen LogP contribution in [-0.4, -0.2) is 27.9 Å². The average molecular weight is 181 g/mol. The number of ether oxygens (including phenoxy) is 1. The second kappa shape index (κ2) is 3.84. The quantitative estimate of drug-likeness (QED) is 0.671. The third-order valence-corrected chi connectivity index (χ3v) is 1.50. The Labute approximate surface area is 75.4 Å². The van der Waals surface area contributed by atoms with E-state index in [1.54, 1.807) is 13.8 Å². The van der Waals surface area contributed by atoms with Gasteiger partial charge in [0.15, 0.2) is 0 Å². The van der Waals surface area contributed by atoms with Crippen molar-refractivity contribution in [2.24, 2.45) is 0 Å². The van der Waals surface area contributed by atoms with Gasteiger partial charge in [0.1, 0.15) is 6.20 Å². The minimum atomic E-state index is -0.551. The van der Waals surface area contributed by atoms with Crippen LogP contribution in [0.4, 0.5) is 0 Å². The first-order valence-electron chi connectivity index (χ1n) is 3.77. The molecule has 1 heterocycles. The van der Waals surface area contributed by atoms with Crippen LogP contribution >= 0.6 is 0 Å². The Morgan fingerprint density at radius 3 is 3.00 bits per heavy atom. The van der Waals surface area contributed by atoms with E-state index in [1.165, 1.54) is 0 Å². The van der Waals surface area contributed by atoms with Crippen molar-refractivity contribution in [1.29, 1.82) is 0 Å². The van der Waals surface area contributed by atoms with E-state index in [0.29, 0.717) is 5.56 Å². The molecule has 0 unspecified atom stereocenters. The molecule has 1 aromatic heterocycles. The summed E-state index contributed by atoms with van der Waals surface area (Å²) in [7, 11) is 0. The molecule has 0 saturated heterocycles. The molecule has 0 fully saturated rings. The summed E-state index contributed by atoms with van der Waals surface area (Å²) in [4.78, 5) is 11.2. The van der Waals surface area contributed by atoms with Gasteiger partial charge in [0, 0.05) is 5.56 Å². The molecule has 0 saturated carbocycles. The van der Waals surface area contributed by atoms with E-state index in [2.05, 4.69) is 16.4 Å². The lowest BCUT2D eigenvalue weighted by molar-refractivity contribution is 0.0523. The van der Waals surface area contributed by atoms with Crippen LogP contribution in [0.1, 0.15) is 22.8 Å². The van der Waals surface area contributed by atoms with Crippen LogP contribution in [0.2, 0.25) is 0 Å². The molecule has 1 aromatic rings. The second-order valence-corrected chi connectivity index (χ2v) is 2.36. The lowest BCUT2D eigenvalue weighted by Gasteiger charge is -2.03. The molecule has 0 aromatic carbocycles. The number of aromatic nitrogens is 2. The van der Waals surface area contributed by atoms with Gasteiger partial charge in [-0.05, 0) is 13.8 Å². The van der Waals surface area contributed by atoms with Crippen LogP contribution < -0.4 is 0 Å². The van der Waals surface area contributed by atoms with Crippen LogP contribution in [0.5, 0.6) is 5.88 Å². The van der Waals surface area contributed by atoms with E-state index in [0.717, 1.165) is 0 Å². The molecule has 1 radical (unpaired) electrons. The van der Waals surface area contributed by atoms with Gasteiger partial charge < -0.3 is 9.84 Å². The van der Waals surface area contributed by atoms with E-state index in [4.69, 9.17) is 9.84 Å².